The third-order valence-corrected chi connectivity index (χ3v) is 5.83. The number of rotatable bonds is 8. The lowest BCUT2D eigenvalue weighted by Crippen LogP contribution is -2.26. The van der Waals surface area contributed by atoms with E-state index in [1.165, 1.54) is 23.5 Å². The van der Waals surface area contributed by atoms with Gasteiger partial charge in [-0.15, -0.1) is 11.3 Å². The number of benzene rings is 2. The van der Waals surface area contributed by atoms with Crippen molar-refractivity contribution in [3.05, 3.63) is 101 Å². The van der Waals surface area contributed by atoms with Crippen molar-refractivity contribution in [1.82, 2.24) is 15.3 Å². The number of thiazole rings is 1. The van der Waals surface area contributed by atoms with E-state index in [0.717, 1.165) is 11.8 Å². The summed E-state index contributed by atoms with van der Waals surface area (Å²) in [7, 11) is 0. The first-order valence-electron chi connectivity index (χ1n) is 10.4. The lowest BCUT2D eigenvalue weighted by Gasteiger charge is -2.14. The van der Waals surface area contributed by atoms with E-state index in [1.807, 2.05) is 18.2 Å². The highest BCUT2D eigenvalue weighted by molar-refractivity contribution is 7.13. The number of alkyl halides is 3. The number of ether oxygens (including phenoxy) is 1. The molecule has 2 aromatic heterocycles. The molecule has 4 aromatic rings. The molecular formula is C25H20F3N3O2S. The second kappa shape index (κ2) is 10.5. The summed E-state index contributed by atoms with van der Waals surface area (Å²) in [5, 5.41) is 5.00. The monoisotopic (exact) mass is 483 g/mol. The summed E-state index contributed by atoms with van der Waals surface area (Å²) in [6.07, 6.45) is -2.17. The Labute approximate surface area is 198 Å². The van der Waals surface area contributed by atoms with Crippen LogP contribution in [0.4, 0.5) is 13.2 Å². The first-order chi connectivity index (χ1) is 16.4. The Morgan fingerprint density at radius 3 is 2.56 bits per heavy atom. The number of carbonyl (C=O) groups excluding carboxylic acids is 1. The van der Waals surface area contributed by atoms with Crippen LogP contribution in [-0.4, -0.2) is 22.4 Å². The number of halogens is 3. The summed E-state index contributed by atoms with van der Waals surface area (Å²) in [4.78, 5) is 21.1. The molecule has 4 rings (SSSR count). The van der Waals surface area contributed by atoms with Crippen LogP contribution in [-0.2, 0) is 19.2 Å². The van der Waals surface area contributed by atoms with Crippen molar-refractivity contribution in [3.63, 3.8) is 0 Å². The molecule has 1 amide bonds. The number of hydrogen-bond acceptors (Lipinski definition) is 5. The van der Waals surface area contributed by atoms with Crippen molar-refractivity contribution in [2.75, 3.05) is 6.54 Å². The van der Waals surface area contributed by atoms with E-state index in [-0.39, 0.29) is 23.8 Å². The van der Waals surface area contributed by atoms with Crippen LogP contribution in [0.2, 0.25) is 0 Å². The van der Waals surface area contributed by atoms with E-state index in [1.54, 1.807) is 41.9 Å². The highest BCUT2D eigenvalue weighted by Crippen LogP contribution is 2.35. The average molecular weight is 484 g/mol. The van der Waals surface area contributed by atoms with Crippen molar-refractivity contribution in [1.29, 1.82) is 0 Å². The highest BCUT2D eigenvalue weighted by Gasteiger charge is 2.33. The predicted octanol–water partition coefficient (Wildman–Crippen LogP) is 5.78. The number of para-hydroxylation sites is 1. The number of amides is 1. The second-order valence-corrected chi connectivity index (χ2v) is 8.16. The van der Waals surface area contributed by atoms with Gasteiger partial charge in [0.05, 0.1) is 11.1 Å². The van der Waals surface area contributed by atoms with Crippen LogP contribution in [0.1, 0.15) is 27.3 Å². The van der Waals surface area contributed by atoms with E-state index in [2.05, 4.69) is 15.3 Å². The van der Waals surface area contributed by atoms with Crippen molar-refractivity contribution in [3.8, 4) is 16.3 Å². The molecule has 0 atom stereocenters. The molecular weight excluding hydrogens is 463 g/mol. The van der Waals surface area contributed by atoms with Gasteiger partial charge in [0.1, 0.15) is 23.1 Å². The smallest absolute Gasteiger partial charge is 0.416 e. The number of hydrogen-bond donors (Lipinski definition) is 1. The molecule has 0 radical (unpaired) electrons. The molecule has 0 saturated carbocycles. The Balaban J connectivity index is 1.44. The fraction of sp³-hybridized carbons (Fsp3) is 0.160. The molecule has 2 aromatic carbocycles. The molecule has 174 valence electrons. The number of nitrogens with one attached hydrogen (secondary N) is 1. The van der Waals surface area contributed by atoms with Gasteiger partial charge in [-0.1, -0.05) is 36.4 Å². The van der Waals surface area contributed by atoms with Crippen molar-refractivity contribution < 1.29 is 22.7 Å². The minimum atomic E-state index is -4.46. The Morgan fingerprint density at radius 1 is 1.00 bits per heavy atom. The largest absolute Gasteiger partial charge is 0.488 e. The third-order valence-electron chi connectivity index (χ3n) is 4.95. The fourth-order valence-corrected chi connectivity index (χ4v) is 4.12. The maximum absolute atomic E-state index is 13.3. The highest BCUT2D eigenvalue weighted by atomic mass is 32.1. The predicted molar refractivity (Wildman–Crippen MR) is 124 cm³/mol. The van der Waals surface area contributed by atoms with Crippen LogP contribution in [0, 0.1) is 0 Å². The number of nitrogens with zero attached hydrogens (tertiary/aromatic N) is 2. The van der Waals surface area contributed by atoms with Gasteiger partial charge in [-0.05, 0) is 30.3 Å². The summed E-state index contributed by atoms with van der Waals surface area (Å²) in [6.45, 7) is 0.167. The minimum Gasteiger partial charge on any atom is -0.488 e. The molecule has 5 nitrogen and oxygen atoms in total. The molecule has 0 fully saturated rings. The summed E-state index contributed by atoms with van der Waals surface area (Å²) < 4.78 is 45.6. The maximum Gasteiger partial charge on any atom is 0.416 e. The lowest BCUT2D eigenvalue weighted by molar-refractivity contribution is -0.138. The van der Waals surface area contributed by atoms with Gasteiger partial charge in [-0.2, -0.15) is 13.2 Å². The van der Waals surface area contributed by atoms with Gasteiger partial charge in [0, 0.05) is 35.8 Å². The summed E-state index contributed by atoms with van der Waals surface area (Å²) in [5.41, 5.74) is 1.05. The van der Waals surface area contributed by atoms with Gasteiger partial charge >= 0.3 is 6.18 Å². The zero-order valence-corrected chi connectivity index (χ0v) is 18.7. The van der Waals surface area contributed by atoms with Crippen LogP contribution in [0.25, 0.3) is 10.6 Å². The number of pyridine rings is 1. The van der Waals surface area contributed by atoms with Gasteiger partial charge in [-0.25, -0.2) is 4.98 Å². The van der Waals surface area contributed by atoms with Gasteiger partial charge in [0.25, 0.3) is 5.91 Å². The van der Waals surface area contributed by atoms with Crippen molar-refractivity contribution in [2.24, 2.45) is 0 Å². The standard InChI is InChI=1S/C25H20F3N3O2S/c26-25(27,28)20-10-3-1-7-17(20)15-33-22-11-4-2-9-19(22)24-31-21(16-34-24)23(32)30-14-12-18-8-5-6-13-29-18/h1-11,13,16H,12,14-15H2,(H,30,32). The molecule has 0 aliphatic rings. The average Bonchev–Trinajstić information content (AvgIpc) is 3.33. The third kappa shape index (κ3) is 5.79. The topological polar surface area (TPSA) is 64.1 Å². The zero-order valence-electron chi connectivity index (χ0n) is 17.9. The molecule has 0 saturated heterocycles. The van der Waals surface area contributed by atoms with Gasteiger partial charge in [0.15, 0.2) is 0 Å². The summed E-state index contributed by atoms with van der Waals surface area (Å²) >= 11 is 1.26. The van der Waals surface area contributed by atoms with Gasteiger partial charge < -0.3 is 10.1 Å². The number of aromatic nitrogens is 2. The van der Waals surface area contributed by atoms with Crippen LogP contribution < -0.4 is 10.1 Å². The Hall–Kier alpha value is -3.72. The first-order valence-corrected chi connectivity index (χ1v) is 11.3. The van der Waals surface area contributed by atoms with Crippen LogP contribution in [0.15, 0.2) is 78.3 Å². The molecule has 0 aliphatic carbocycles. The quantitative estimate of drug-likeness (QED) is 0.345. The van der Waals surface area contributed by atoms with Crippen molar-refractivity contribution in [2.45, 2.75) is 19.2 Å². The molecule has 0 bridgehead atoms. The Kier molecular flexibility index (Phi) is 7.22. The zero-order chi connectivity index (χ0) is 24.0. The fourth-order valence-electron chi connectivity index (χ4n) is 3.29. The van der Waals surface area contributed by atoms with Crippen LogP contribution >= 0.6 is 11.3 Å². The molecule has 0 unspecified atom stereocenters. The molecule has 34 heavy (non-hydrogen) atoms. The van der Waals surface area contributed by atoms with E-state index in [4.69, 9.17) is 4.74 Å². The van der Waals surface area contributed by atoms with E-state index < -0.39 is 11.7 Å². The summed E-state index contributed by atoms with van der Waals surface area (Å²) in [6, 6.07) is 17.8. The van der Waals surface area contributed by atoms with Crippen molar-refractivity contribution >= 4 is 17.2 Å². The molecule has 9 heteroatoms. The van der Waals surface area contributed by atoms with E-state index >= 15 is 0 Å². The van der Waals surface area contributed by atoms with E-state index in [9.17, 15) is 18.0 Å². The lowest BCUT2D eigenvalue weighted by atomic mass is 10.1. The normalized spacial score (nSPS) is 11.3. The summed E-state index contributed by atoms with van der Waals surface area (Å²) in [5.74, 6) is 0.0758. The van der Waals surface area contributed by atoms with Gasteiger partial charge in [-0.3, -0.25) is 9.78 Å². The first kappa shape index (κ1) is 23.4. The Morgan fingerprint density at radius 2 is 1.76 bits per heavy atom. The molecule has 2 heterocycles. The maximum atomic E-state index is 13.3. The number of carbonyl (C=O) groups is 1. The molecule has 0 spiro atoms. The Bertz CT molecular complexity index is 1260. The van der Waals surface area contributed by atoms with Crippen LogP contribution in [0.5, 0.6) is 5.75 Å². The second-order valence-electron chi connectivity index (χ2n) is 7.30. The molecule has 1 N–H and O–H groups in total. The van der Waals surface area contributed by atoms with E-state index in [0.29, 0.717) is 29.3 Å². The minimum absolute atomic E-state index is 0.0388. The molecule has 0 aliphatic heterocycles. The van der Waals surface area contributed by atoms with Gasteiger partial charge in [0.2, 0.25) is 0 Å². The van der Waals surface area contributed by atoms with Crippen LogP contribution in [0.3, 0.4) is 0 Å². The SMILES string of the molecule is O=C(NCCc1ccccn1)c1csc(-c2ccccc2OCc2ccccc2C(F)(F)F)n1.